The van der Waals surface area contributed by atoms with E-state index in [-0.39, 0.29) is 4.90 Å². The summed E-state index contributed by atoms with van der Waals surface area (Å²) in [5, 5.41) is 3.21. The predicted molar refractivity (Wildman–Crippen MR) is 115 cm³/mol. The van der Waals surface area contributed by atoms with Crippen molar-refractivity contribution in [3.63, 3.8) is 0 Å². The van der Waals surface area contributed by atoms with Gasteiger partial charge >= 0.3 is 0 Å². The highest BCUT2D eigenvalue weighted by Gasteiger charge is 2.27. The average molecular weight is 425 g/mol. The van der Waals surface area contributed by atoms with E-state index >= 15 is 0 Å². The standard InChI is InChI=1S/C22H24N4O3S/c27-30(28,26-12-4-5-13-26)20-8-9-21(25-16-20)24-15-19-10-11-23-22(14-19)29-17-18-6-2-1-3-7-18/h1-3,6-11,14,16H,4-5,12-13,15,17H2,(H,24,25). The van der Waals surface area contributed by atoms with Crippen molar-refractivity contribution in [3.8, 4) is 5.88 Å². The third-order valence-corrected chi connectivity index (χ3v) is 6.82. The quantitative estimate of drug-likeness (QED) is 0.596. The molecule has 1 N–H and O–H groups in total. The van der Waals surface area contributed by atoms with Crippen LogP contribution in [-0.2, 0) is 23.2 Å². The van der Waals surface area contributed by atoms with Crippen LogP contribution in [0.25, 0.3) is 0 Å². The lowest BCUT2D eigenvalue weighted by atomic mass is 10.2. The van der Waals surface area contributed by atoms with Gasteiger partial charge in [0.1, 0.15) is 17.3 Å². The SMILES string of the molecule is O=S(=O)(c1ccc(NCc2ccnc(OCc3ccccc3)c2)nc1)N1CCCC1. The topological polar surface area (TPSA) is 84.4 Å². The molecule has 1 aliphatic rings. The number of benzene rings is 1. The lowest BCUT2D eigenvalue weighted by molar-refractivity contribution is 0.293. The van der Waals surface area contributed by atoms with Gasteiger partial charge in [0.05, 0.1) is 0 Å². The van der Waals surface area contributed by atoms with E-state index in [1.807, 2.05) is 42.5 Å². The molecule has 0 spiro atoms. The van der Waals surface area contributed by atoms with E-state index in [4.69, 9.17) is 4.74 Å². The van der Waals surface area contributed by atoms with Crippen molar-refractivity contribution < 1.29 is 13.2 Å². The Kier molecular flexibility index (Phi) is 6.25. The predicted octanol–water partition coefficient (Wildman–Crippen LogP) is 3.45. The molecule has 1 saturated heterocycles. The Bertz CT molecular complexity index is 1070. The average Bonchev–Trinajstić information content (AvgIpc) is 3.34. The fourth-order valence-corrected chi connectivity index (χ4v) is 4.74. The van der Waals surface area contributed by atoms with Gasteiger partial charge < -0.3 is 10.1 Å². The second kappa shape index (κ2) is 9.23. The minimum atomic E-state index is -3.44. The number of rotatable bonds is 8. The molecule has 30 heavy (non-hydrogen) atoms. The molecule has 1 aliphatic heterocycles. The van der Waals surface area contributed by atoms with Crippen molar-refractivity contribution in [2.45, 2.75) is 30.9 Å². The molecule has 8 heteroatoms. The van der Waals surface area contributed by atoms with Crippen LogP contribution >= 0.6 is 0 Å². The second-order valence-electron chi connectivity index (χ2n) is 7.12. The van der Waals surface area contributed by atoms with Crippen molar-refractivity contribution in [1.29, 1.82) is 0 Å². The van der Waals surface area contributed by atoms with Gasteiger partial charge in [0, 0.05) is 38.1 Å². The molecule has 1 aromatic carbocycles. The zero-order valence-electron chi connectivity index (χ0n) is 16.6. The molecule has 0 aliphatic carbocycles. The minimum absolute atomic E-state index is 0.232. The number of anilines is 1. The fraction of sp³-hybridized carbons (Fsp3) is 0.273. The Balaban J connectivity index is 1.34. The molecule has 1 fully saturated rings. The maximum Gasteiger partial charge on any atom is 0.244 e. The normalized spacial score (nSPS) is 14.5. The largest absolute Gasteiger partial charge is 0.473 e. The number of hydrogen-bond donors (Lipinski definition) is 1. The van der Waals surface area contributed by atoms with Gasteiger partial charge in [-0.25, -0.2) is 18.4 Å². The number of nitrogens with zero attached hydrogens (tertiary/aromatic N) is 3. The molecule has 0 radical (unpaired) electrons. The Morgan fingerprint density at radius 3 is 2.50 bits per heavy atom. The number of nitrogens with one attached hydrogen (secondary N) is 1. The molecule has 3 heterocycles. The maximum atomic E-state index is 12.6. The van der Waals surface area contributed by atoms with Gasteiger partial charge in [-0.2, -0.15) is 4.31 Å². The van der Waals surface area contributed by atoms with Gasteiger partial charge in [-0.3, -0.25) is 0 Å². The summed E-state index contributed by atoms with van der Waals surface area (Å²) in [4.78, 5) is 8.75. The van der Waals surface area contributed by atoms with Crippen molar-refractivity contribution in [2.75, 3.05) is 18.4 Å². The van der Waals surface area contributed by atoms with Crippen LogP contribution in [0, 0.1) is 0 Å². The van der Waals surface area contributed by atoms with E-state index in [2.05, 4.69) is 15.3 Å². The molecule has 0 saturated carbocycles. The fourth-order valence-electron chi connectivity index (χ4n) is 3.28. The zero-order chi connectivity index (χ0) is 20.8. The molecule has 7 nitrogen and oxygen atoms in total. The van der Waals surface area contributed by atoms with Gasteiger partial charge in [-0.1, -0.05) is 30.3 Å². The summed E-state index contributed by atoms with van der Waals surface area (Å²) in [7, 11) is -3.44. The summed E-state index contributed by atoms with van der Waals surface area (Å²) in [6.45, 7) is 2.15. The highest BCUT2D eigenvalue weighted by Crippen LogP contribution is 2.21. The first kappa shape index (κ1) is 20.3. The van der Waals surface area contributed by atoms with Gasteiger partial charge in [-0.15, -0.1) is 0 Å². The van der Waals surface area contributed by atoms with Crippen LogP contribution in [0.5, 0.6) is 5.88 Å². The molecule has 3 aromatic rings. The lowest BCUT2D eigenvalue weighted by Crippen LogP contribution is -2.27. The van der Waals surface area contributed by atoms with Crippen LogP contribution in [0.3, 0.4) is 0 Å². The van der Waals surface area contributed by atoms with Gasteiger partial charge in [-0.05, 0) is 42.2 Å². The smallest absolute Gasteiger partial charge is 0.244 e. The Morgan fingerprint density at radius 1 is 0.967 bits per heavy atom. The number of hydrogen-bond acceptors (Lipinski definition) is 6. The van der Waals surface area contributed by atoms with Crippen molar-refractivity contribution >= 4 is 15.8 Å². The van der Waals surface area contributed by atoms with E-state index in [1.54, 1.807) is 18.3 Å². The number of sulfonamides is 1. The van der Waals surface area contributed by atoms with E-state index in [0.29, 0.717) is 37.9 Å². The second-order valence-corrected chi connectivity index (χ2v) is 9.06. The number of aromatic nitrogens is 2. The first-order valence-corrected chi connectivity index (χ1v) is 11.4. The Labute approximate surface area is 176 Å². The molecular weight excluding hydrogens is 400 g/mol. The van der Waals surface area contributed by atoms with Gasteiger partial charge in [0.15, 0.2) is 0 Å². The number of pyridine rings is 2. The molecule has 0 atom stereocenters. The highest BCUT2D eigenvalue weighted by molar-refractivity contribution is 7.89. The van der Waals surface area contributed by atoms with E-state index in [0.717, 1.165) is 24.0 Å². The summed E-state index contributed by atoms with van der Waals surface area (Å²) in [5.41, 5.74) is 2.07. The van der Waals surface area contributed by atoms with Crippen LogP contribution in [0.2, 0.25) is 0 Å². The molecular formula is C22H24N4O3S. The monoisotopic (exact) mass is 424 g/mol. The Morgan fingerprint density at radius 2 is 1.77 bits per heavy atom. The molecule has 4 rings (SSSR count). The number of ether oxygens (including phenoxy) is 1. The maximum absolute atomic E-state index is 12.6. The molecule has 0 unspecified atom stereocenters. The first-order chi connectivity index (χ1) is 14.6. The highest BCUT2D eigenvalue weighted by atomic mass is 32.2. The van der Waals surface area contributed by atoms with Crippen LogP contribution < -0.4 is 10.1 Å². The van der Waals surface area contributed by atoms with E-state index < -0.39 is 10.0 Å². The zero-order valence-corrected chi connectivity index (χ0v) is 17.4. The summed E-state index contributed by atoms with van der Waals surface area (Å²) in [6, 6.07) is 17.0. The minimum Gasteiger partial charge on any atom is -0.473 e. The summed E-state index contributed by atoms with van der Waals surface area (Å²) in [6.07, 6.45) is 4.94. The molecule has 156 valence electrons. The summed E-state index contributed by atoms with van der Waals surface area (Å²) in [5.74, 6) is 1.16. The van der Waals surface area contributed by atoms with E-state index in [1.165, 1.54) is 10.5 Å². The van der Waals surface area contributed by atoms with Crippen LogP contribution in [0.15, 0.2) is 71.9 Å². The molecule has 2 aromatic heterocycles. The lowest BCUT2D eigenvalue weighted by Gasteiger charge is -2.15. The van der Waals surface area contributed by atoms with E-state index in [9.17, 15) is 8.42 Å². The van der Waals surface area contributed by atoms with Gasteiger partial charge in [0.2, 0.25) is 15.9 Å². The van der Waals surface area contributed by atoms with Gasteiger partial charge in [0.25, 0.3) is 0 Å². The van der Waals surface area contributed by atoms with Crippen molar-refractivity contribution in [3.05, 3.63) is 78.1 Å². The summed E-state index contributed by atoms with van der Waals surface area (Å²) < 4.78 is 32.4. The third-order valence-electron chi connectivity index (χ3n) is 4.94. The van der Waals surface area contributed by atoms with Crippen LogP contribution in [0.1, 0.15) is 24.0 Å². The third kappa shape index (κ3) is 4.95. The van der Waals surface area contributed by atoms with Crippen molar-refractivity contribution in [2.24, 2.45) is 0 Å². The molecule has 0 amide bonds. The summed E-state index contributed by atoms with van der Waals surface area (Å²) >= 11 is 0. The van der Waals surface area contributed by atoms with Crippen LogP contribution in [-0.4, -0.2) is 35.8 Å². The first-order valence-electron chi connectivity index (χ1n) is 9.93. The Hall–Kier alpha value is -2.97. The van der Waals surface area contributed by atoms with Crippen molar-refractivity contribution in [1.82, 2.24) is 14.3 Å². The molecule has 0 bridgehead atoms. The van der Waals surface area contributed by atoms with Crippen LogP contribution in [0.4, 0.5) is 5.82 Å².